The van der Waals surface area contributed by atoms with Crippen LogP contribution in [0.25, 0.3) is 6.08 Å². The Kier molecular flexibility index (Phi) is 8.59. The van der Waals surface area contributed by atoms with E-state index in [1.807, 2.05) is 50.3 Å². The normalized spacial score (nSPS) is 14.9. The lowest BCUT2D eigenvalue weighted by Gasteiger charge is -2.13. The van der Waals surface area contributed by atoms with Crippen molar-refractivity contribution >= 4 is 40.3 Å². The number of thiocarbonyl (C=S) groups is 1. The minimum atomic E-state index is -0.0513. The van der Waals surface area contributed by atoms with Gasteiger partial charge in [-0.3, -0.25) is 9.69 Å². The highest BCUT2D eigenvalue weighted by atomic mass is 32.2. The zero-order valence-corrected chi connectivity index (χ0v) is 20.6. The number of carbonyl (C=O) groups is 1. The molecule has 5 nitrogen and oxygen atoms in total. The number of benzene rings is 2. The van der Waals surface area contributed by atoms with E-state index in [-0.39, 0.29) is 5.91 Å². The van der Waals surface area contributed by atoms with Crippen LogP contribution in [0.1, 0.15) is 37.0 Å². The molecule has 2 aromatic rings. The third kappa shape index (κ3) is 6.26. The maximum atomic E-state index is 12.5. The van der Waals surface area contributed by atoms with Gasteiger partial charge in [0.1, 0.15) is 10.1 Å². The molecule has 3 rings (SSSR count). The molecule has 0 bridgehead atoms. The van der Waals surface area contributed by atoms with E-state index in [0.717, 1.165) is 17.7 Å². The minimum absolute atomic E-state index is 0.0513. The van der Waals surface area contributed by atoms with Crippen molar-refractivity contribution in [3.63, 3.8) is 0 Å². The number of aryl methyl sites for hydroxylation is 2. The van der Waals surface area contributed by atoms with E-state index in [0.29, 0.717) is 47.1 Å². The van der Waals surface area contributed by atoms with Crippen molar-refractivity contribution in [1.82, 2.24) is 4.90 Å². The zero-order valence-electron chi connectivity index (χ0n) is 19.0. The molecule has 0 spiro atoms. The lowest BCUT2D eigenvalue weighted by molar-refractivity contribution is -0.121. The first-order chi connectivity index (χ1) is 15.4. The SMILES string of the molecule is CCOc1cc(C=C2SC(=S)N(CC)C2=O)ccc1OCCCOc1cc(C)cc(C)c1. The van der Waals surface area contributed by atoms with Gasteiger partial charge in [-0.25, -0.2) is 0 Å². The fraction of sp³-hybridized carbons (Fsp3) is 0.360. The Morgan fingerprint density at radius 2 is 1.69 bits per heavy atom. The van der Waals surface area contributed by atoms with Crippen LogP contribution >= 0.6 is 24.0 Å². The summed E-state index contributed by atoms with van der Waals surface area (Å²) in [4.78, 5) is 14.7. The summed E-state index contributed by atoms with van der Waals surface area (Å²) in [6.45, 7) is 10.2. The molecule has 0 unspecified atom stereocenters. The Morgan fingerprint density at radius 3 is 2.34 bits per heavy atom. The molecule has 7 heteroatoms. The smallest absolute Gasteiger partial charge is 0.266 e. The molecule has 1 amide bonds. The van der Waals surface area contributed by atoms with E-state index >= 15 is 0 Å². The van der Waals surface area contributed by atoms with Gasteiger partial charge in [0.15, 0.2) is 11.5 Å². The van der Waals surface area contributed by atoms with E-state index in [9.17, 15) is 4.79 Å². The van der Waals surface area contributed by atoms with Gasteiger partial charge in [0.2, 0.25) is 0 Å². The Hall–Kier alpha value is -2.51. The molecule has 0 aromatic heterocycles. The highest BCUT2D eigenvalue weighted by Gasteiger charge is 2.30. The topological polar surface area (TPSA) is 48.0 Å². The third-order valence-electron chi connectivity index (χ3n) is 4.77. The highest BCUT2D eigenvalue weighted by molar-refractivity contribution is 8.26. The molecule has 0 radical (unpaired) electrons. The summed E-state index contributed by atoms with van der Waals surface area (Å²) in [5, 5.41) is 0. The minimum Gasteiger partial charge on any atom is -0.493 e. The number of ether oxygens (including phenoxy) is 3. The molecule has 1 aliphatic heterocycles. The first-order valence-electron chi connectivity index (χ1n) is 10.8. The van der Waals surface area contributed by atoms with Gasteiger partial charge in [0.05, 0.1) is 24.7 Å². The van der Waals surface area contributed by atoms with E-state index in [1.165, 1.54) is 22.9 Å². The molecule has 0 atom stereocenters. The van der Waals surface area contributed by atoms with Crippen LogP contribution in [0.4, 0.5) is 0 Å². The molecular formula is C25H29NO4S2. The molecule has 1 aliphatic rings. The molecule has 0 aliphatic carbocycles. The second-order valence-corrected chi connectivity index (χ2v) is 9.11. The van der Waals surface area contributed by atoms with Crippen molar-refractivity contribution in [3.8, 4) is 17.2 Å². The molecule has 1 saturated heterocycles. The Labute approximate surface area is 199 Å². The summed E-state index contributed by atoms with van der Waals surface area (Å²) in [5.41, 5.74) is 3.25. The molecule has 1 fully saturated rings. The number of nitrogens with zero attached hydrogens (tertiary/aromatic N) is 1. The molecular weight excluding hydrogens is 442 g/mol. The van der Waals surface area contributed by atoms with Crippen LogP contribution in [0.3, 0.4) is 0 Å². The van der Waals surface area contributed by atoms with Gasteiger partial charge >= 0.3 is 0 Å². The monoisotopic (exact) mass is 471 g/mol. The van der Waals surface area contributed by atoms with E-state index < -0.39 is 0 Å². The molecule has 0 saturated carbocycles. The maximum Gasteiger partial charge on any atom is 0.266 e. The third-order valence-corrected chi connectivity index (χ3v) is 6.14. The number of hydrogen-bond donors (Lipinski definition) is 0. The maximum absolute atomic E-state index is 12.5. The van der Waals surface area contributed by atoms with Gasteiger partial charge in [0.25, 0.3) is 5.91 Å². The quantitative estimate of drug-likeness (QED) is 0.249. The summed E-state index contributed by atoms with van der Waals surface area (Å²) in [6.07, 6.45) is 2.60. The predicted molar refractivity (Wildman–Crippen MR) is 135 cm³/mol. The average Bonchev–Trinajstić information content (AvgIpc) is 3.01. The summed E-state index contributed by atoms with van der Waals surface area (Å²) < 4.78 is 18.2. The number of carbonyl (C=O) groups excluding carboxylic acids is 1. The number of hydrogen-bond acceptors (Lipinski definition) is 6. The van der Waals surface area contributed by atoms with Crippen molar-refractivity contribution < 1.29 is 19.0 Å². The van der Waals surface area contributed by atoms with Crippen LogP contribution in [0.2, 0.25) is 0 Å². The lowest BCUT2D eigenvalue weighted by Crippen LogP contribution is -2.27. The van der Waals surface area contributed by atoms with Crippen molar-refractivity contribution in [2.75, 3.05) is 26.4 Å². The van der Waals surface area contributed by atoms with Gasteiger partial charge < -0.3 is 14.2 Å². The Balaban J connectivity index is 1.59. The summed E-state index contributed by atoms with van der Waals surface area (Å²) >= 11 is 6.61. The predicted octanol–water partition coefficient (Wildman–Crippen LogP) is 5.77. The van der Waals surface area contributed by atoms with Crippen LogP contribution in [0.15, 0.2) is 41.3 Å². The van der Waals surface area contributed by atoms with E-state index in [1.54, 1.807) is 4.90 Å². The van der Waals surface area contributed by atoms with E-state index in [4.69, 9.17) is 26.4 Å². The van der Waals surface area contributed by atoms with Gasteiger partial charge in [-0.05, 0) is 74.7 Å². The molecule has 170 valence electrons. The fourth-order valence-electron chi connectivity index (χ4n) is 3.37. The molecule has 32 heavy (non-hydrogen) atoms. The summed E-state index contributed by atoms with van der Waals surface area (Å²) in [6, 6.07) is 11.9. The van der Waals surface area contributed by atoms with Crippen LogP contribution in [-0.4, -0.2) is 41.5 Å². The van der Waals surface area contributed by atoms with Gasteiger partial charge in [0, 0.05) is 13.0 Å². The number of thioether (sulfide) groups is 1. The molecule has 1 heterocycles. The van der Waals surface area contributed by atoms with Crippen LogP contribution < -0.4 is 14.2 Å². The average molecular weight is 472 g/mol. The van der Waals surface area contributed by atoms with Gasteiger partial charge in [-0.1, -0.05) is 36.1 Å². The highest BCUT2D eigenvalue weighted by Crippen LogP contribution is 2.34. The molecule has 0 N–H and O–H groups in total. The van der Waals surface area contributed by atoms with Gasteiger partial charge in [-0.15, -0.1) is 0 Å². The van der Waals surface area contributed by atoms with Crippen molar-refractivity contribution in [3.05, 3.63) is 58.0 Å². The van der Waals surface area contributed by atoms with Crippen LogP contribution in [0.5, 0.6) is 17.2 Å². The van der Waals surface area contributed by atoms with Gasteiger partial charge in [-0.2, -0.15) is 0 Å². The largest absolute Gasteiger partial charge is 0.493 e. The van der Waals surface area contributed by atoms with Crippen LogP contribution in [0, 0.1) is 13.8 Å². The first kappa shape index (κ1) is 24.1. The standard InChI is InChI=1S/C25H29NO4S2/c1-5-26-24(27)23(32-25(26)31)16-19-8-9-21(22(15-19)28-6-2)30-11-7-10-29-20-13-17(3)12-18(4)14-20/h8-9,12-16H,5-7,10-11H2,1-4H3. The Bertz CT molecular complexity index is 999. The zero-order chi connectivity index (χ0) is 23.1. The number of rotatable bonds is 10. The van der Waals surface area contributed by atoms with Crippen molar-refractivity contribution in [1.29, 1.82) is 0 Å². The van der Waals surface area contributed by atoms with Crippen molar-refractivity contribution in [2.24, 2.45) is 0 Å². The van der Waals surface area contributed by atoms with Crippen LogP contribution in [-0.2, 0) is 4.79 Å². The molecule has 2 aromatic carbocycles. The summed E-state index contributed by atoms with van der Waals surface area (Å²) in [7, 11) is 0. The number of likely N-dealkylation sites (N-methyl/N-ethyl adjacent to an activating group) is 1. The summed E-state index contributed by atoms with van der Waals surface area (Å²) in [5.74, 6) is 2.17. The lowest BCUT2D eigenvalue weighted by atomic mass is 10.1. The second kappa shape index (κ2) is 11.4. The van der Waals surface area contributed by atoms with E-state index in [2.05, 4.69) is 19.9 Å². The first-order valence-corrected chi connectivity index (χ1v) is 12.0. The Morgan fingerprint density at radius 1 is 0.969 bits per heavy atom. The number of amides is 1. The van der Waals surface area contributed by atoms with Crippen molar-refractivity contribution in [2.45, 2.75) is 34.1 Å². The second-order valence-electron chi connectivity index (χ2n) is 7.44. The fourth-order valence-corrected chi connectivity index (χ4v) is 4.76.